The molecule has 0 saturated carbocycles. The van der Waals surface area contributed by atoms with Gasteiger partial charge in [0, 0.05) is 32.3 Å². The fourth-order valence-corrected chi connectivity index (χ4v) is 2.64. The van der Waals surface area contributed by atoms with Gasteiger partial charge in [0.05, 0.1) is 19.3 Å². The van der Waals surface area contributed by atoms with Gasteiger partial charge in [-0.25, -0.2) is 0 Å². The number of nitrogens with zero attached hydrogens (tertiary/aromatic N) is 3. The predicted molar refractivity (Wildman–Crippen MR) is 117 cm³/mol. The molecule has 0 saturated heterocycles. The van der Waals surface area contributed by atoms with Gasteiger partial charge in [-0.1, -0.05) is 30.3 Å². The quantitative estimate of drug-likeness (QED) is 0.227. The van der Waals surface area contributed by atoms with E-state index in [0.717, 1.165) is 37.5 Å². The molecule has 1 atom stereocenters. The smallest absolute Gasteiger partial charge is 0.191 e. The van der Waals surface area contributed by atoms with Crippen molar-refractivity contribution in [3.8, 4) is 0 Å². The summed E-state index contributed by atoms with van der Waals surface area (Å²) >= 11 is 0. The van der Waals surface area contributed by atoms with Crippen LogP contribution in [0.25, 0.3) is 0 Å². The molecule has 0 fully saturated rings. The van der Waals surface area contributed by atoms with Crippen molar-refractivity contribution >= 4 is 29.9 Å². The third-order valence-corrected chi connectivity index (χ3v) is 4.00. The van der Waals surface area contributed by atoms with Gasteiger partial charge in [0.2, 0.25) is 0 Å². The summed E-state index contributed by atoms with van der Waals surface area (Å²) < 4.78 is 1.83. The normalized spacial score (nSPS) is 12.3. The van der Waals surface area contributed by atoms with Crippen LogP contribution in [-0.2, 0) is 13.5 Å². The van der Waals surface area contributed by atoms with E-state index in [1.165, 1.54) is 5.56 Å². The molecule has 0 aliphatic heterocycles. The summed E-state index contributed by atoms with van der Waals surface area (Å²) in [4.78, 5) is 4.63. The van der Waals surface area contributed by atoms with E-state index in [4.69, 9.17) is 0 Å². The molecule has 0 radical (unpaired) electrons. The number of rotatable bonds is 9. The molecule has 0 aliphatic carbocycles. The van der Waals surface area contributed by atoms with Gasteiger partial charge in [0.15, 0.2) is 5.96 Å². The molecule has 1 aromatic heterocycles. The molecule has 0 spiro atoms. The number of benzene rings is 1. The minimum absolute atomic E-state index is 0. The molecule has 26 heavy (non-hydrogen) atoms. The van der Waals surface area contributed by atoms with Crippen molar-refractivity contribution in [1.29, 1.82) is 0 Å². The van der Waals surface area contributed by atoms with E-state index < -0.39 is 0 Å². The summed E-state index contributed by atoms with van der Waals surface area (Å²) in [7, 11) is 1.93. The van der Waals surface area contributed by atoms with Gasteiger partial charge in [-0.15, -0.1) is 24.0 Å². The summed E-state index contributed by atoms with van der Waals surface area (Å²) in [5, 5.41) is 20.4. The summed E-state index contributed by atoms with van der Waals surface area (Å²) in [5.41, 5.74) is 2.36. The lowest BCUT2D eigenvalue weighted by Crippen LogP contribution is -2.38. The van der Waals surface area contributed by atoms with E-state index in [2.05, 4.69) is 20.7 Å². The third-order valence-electron chi connectivity index (χ3n) is 4.00. The van der Waals surface area contributed by atoms with Crippen molar-refractivity contribution in [2.45, 2.75) is 25.7 Å². The minimum atomic E-state index is 0. The molecule has 0 aliphatic rings. The minimum Gasteiger partial charge on any atom is -0.396 e. The van der Waals surface area contributed by atoms with E-state index in [1.54, 1.807) is 0 Å². The van der Waals surface area contributed by atoms with Crippen molar-refractivity contribution in [3.63, 3.8) is 0 Å². The zero-order valence-electron chi connectivity index (χ0n) is 15.6. The lowest BCUT2D eigenvalue weighted by atomic mass is 10.0. The summed E-state index contributed by atoms with van der Waals surface area (Å²) in [6, 6.07) is 10.0. The Balaban J connectivity index is 0.00000338. The first-order valence-electron chi connectivity index (χ1n) is 8.88. The zero-order chi connectivity index (χ0) is 17.9. The van der Waals surface area contributed by atoms with E-state index in [-0.39, 0.29) is 36.5 Å². The summed E-state index contributed by atoms with van der Waals surface area (Å²) in [6.07, 6.45) is 5.96. The molecule has 0 bridgehead atoms. The molecule has 2 aromatic rings. The van der Waals surface area contributed by atoms with Crippen LogP contribution in [0.1, 0.15) is 30.4 Å². The number of aromatic nitrogens is 2. The van der Waals surface area contributed by atoms with Crippen molar-refractivity contribution in [1.82, 2.24) is 20.4 Å². The SMILES string of the molecule is CCNC(=NCC(CO)c1ccccc1)NCCCc1cnn(C)c1.I. The molecule has 1 heterocycles. The van der Waals surface area contributed by atoms with Crippen molar-refractivity contribution in [2.75, 3.05) is 26.2 Å². The van der Waals surface area contributed by atoms with E-state index >= 15 is 0 Å². The highest BCUT2D eigenvalue weighted by Gasteiger charge is 2.09. The van der Waals surface area contributed by atoms with Gasteiger partial charge in [-0.2, -0.15) is 5.10 Å². The van der Waals surface area contributed by atoms with Crippen molar-refractivity contribution in [3.05, 3.63) is 53.9 Å². The fourth-order valence-electron chi connectivity index (χ4n) is 2.64. The van der Waals surface area contributed by atoms with Crippen LogP contribution < -0.4 is 10.6 Å². The average molecular weight is 471 g/mol. The number of guanidine groups is 1. The van der Waals surface area contributed by atoms with Crippen LogP contribution in [-0.4, -0.2) is 47.1 Å². The molecular formula is C19H30IN5O. The first-order valence-corrected chi connectivity index (χ1v) is 8.88. The molecule has 0 amide bonds. The molecule has 1 aromatic carbocycles. The number of halogens is 1. The van der Waals surface area contributed by atoms with Crippen molar-refractivity contribution in [2.24, 2.45) is 12.0 Å². The van der Waals surface area contributed by atoms with Crippen LogP contribution in [0, 0.1) is 0 Å². The Morgan fingerprint density at radius 3 is 2.65 bits per heavy atom. The number of aliphatic hydroxyl groups excluding tert-OH is 1. The highest BCUT2D eigenvalue weighted by Crippen LogP contribution is 2.14. The molecule has 7 heteroatoms. The predicted octanol–water partition coefficient (Wildman–Crippen LogP) is 2.30. The number of hydrogen-bond acceptors (Lipinski definition) is 3. The third kappa shape index (κ3) is 7.74. The van der Waals surface area contributed by atoms with E-state index in [0.29, 0.717) is 6.54 Å². The Morgan fingerprint density at radius 1 is 1.27 bits per heavy atom. The largest absolute Gasteiger partial charge is 0.396 e. The van der Waals surface area contributed by atoms with Gasteiger partial charge in [0.25, 0.3) is 0 Å². The number of nitrogens with one attached hydrogen (secondary N) is 2. The zero-order valence-corrected chi connectivity index (χ0v) is 17.9. The number of aliphatic imine (C=N–C) groups is 1. The molecule has 6 nitrogen and oxygen atoms in total. The van der Waals surface area contributed by atoms with Gasteiger partial charge in [-0.05, 0) is 30.9 Å². The lowest BCUT2D eigenvalue weighted by Gasteiger charge is -2.15. The lowest BCUT2D eigenvalue weighted by molar-refractivity contribution is 0.268. The van der Waals surface area contributed by atoms with Crippen molar-refractivity contribution < 1.29 is 5.11 Å². The monoisotopic (exact) mass is 471 g/mol. The Labute approximate surface area is 173 Å². The Morgan fingerprint density at radius 2 is 2.04 bits per heavy atom. The molecular weight excluding hydrogens is 441 g/mol. The fraction of sp³-hybridized carbons (Fsp3) is 0.474. The van der Waals surface area contributed by atoms with Crippen LogP contribution >= 0.6 is 24.0 Å². The van der Waals surface area contributed by atoms with Crippen LogP contribution in [0.5, 0.6) is 0 Å². The van der Waals surface area contributed by atoms with Gasteiger partial charge >= 0.3 is 0 Å². The number of hydrogen-bond donors (Lipinski definition) is 3. The van der Waals surface area contributed by atoms with Crippen LogP contribution in [0.15, 0.2) is 47.7 Å². The van der Waals surface area contributed by atoms with Crippen LogP contribution in [0.4, 0.5) is 0 Å². The molecule has 2 rings (SSSR count). The maximum Gasteiger partial charge on any atom is 0.191 e. The molecule has 144 valence electrons. The second kappa shape index (κ2) is 12.7. The first-order chi connectivity index (χ1) is 12.2. The average Bonchev–Trinajstić information content (AvgIpc) is 3.05. The standard InChI is InChI=1S/C19H29N5O.HI/c1-3-20-19(21-11-7-8-16-12-23-24(2)14-16)22-13-18(15-25)17-9-5-4-6-10-17;/h4-6,9-10,12,14,18,25H,3,7-8,11,13,15H2,1-2H3,(H2,20,21,22);1H. The van der Waals surface area contributed by atoms with Gasteiger partial charge < -0.3 is 15.7 Å². The number of aliphatic hydroxyl groups is 1. The van der Waals surface area contributed by atoms with Gasteiger partial charge in [-0.3, -0.25) is 9.67 Å². The molecule has 1 unspecified atom stereocenters. The van der Waals surface area contributed by atoms with E-state index in [9.17, 15) is 5.11 Å². The molecule has 3 N–H and O–H groups in total. The Hall–Kier alpha value is -1.61. The Kier molecular flexibility index (Phi) is 11.0. The summed E-state index contributed by atoms with van der Waals surface area (Å²) in [5.74, 6) is 0.815. The highest BCUT2D eigenvalue weighted by atomic mass is 127. The summed E-state index contributed by atoms with van der Waals surface area (Å²) in [6.45, 7) is 4.35. The maximum absolute atomic E-state index is 9.65. The van der Waals surface area contributed by atoms with Gasteiger partial charge in [0.1, 0.15) is 0 Å². The van der Waals surface area contributed by atoms with Crippen LogP contribution in [0.3, 0.4) is 0 Å². The maximum atomic E-state index is 9.65. The van der Waals surface area contributed by atoms with E-state index in [1.807, 2.05) is 61.4 Å². The second-order valence-corrected chi connectivity index (χ2v) is 6.06. The topological polar surface area (TPSA) is 74.5 Å². The second-order valence-electron chi connectivity index (χ2n) is 6.06. The highest BCUT2D eigenvalue weighted by molar-refractivity contribution is 14.0. The van der Waals surface area contributed by atoms with Crippen LogP contribution in [0.2, 0.25) is 0 Å². The Bertz CT molecular complexity index is 644. The number of aryl methyl sites for hydroxylation is 2. The first kappa shape index (κ1) is 22.4.